The molecule has 0 unspecified atom stereocenters. The predicted octanol–water partition coefficient (Wildman–Crippen LogP) is 3.72. The van der Waals surface area contributed by atoms with E-state index in [1.54, 1.807) is 42.5 Å². The highest BCUT2D eigenvalue weighted by molar-refractivity contribution is 6.33. The molecule has 1 aliphatic rings. The Labute approximate surface area is 125 Å². The molecule has 2 aromatic rings. The molecule has 0 N–H and O–H groups in total. The molecule has 3 nitrogen and oxygen atoms in total. The van der Waals surface area contributed by atoms with Crippen molar-refractivity contribution in [2.24, 2.45) is 0 Å². The van der Waals surface area contributed by atoms with E-state index >= 15 is 0 Å². The molecule has 1 aliphatic heterocycles. The fourth-order valence-electron chi connectivity index (χ4n) is 2.25. The van der Waals surface area contributed by atoms with Crippen LogP contribution in [0.15, 0.2) is 42.5 Å². The Morgan fingerprint density at radius 1 is 0.950 bits per heavy atom. The minimum absolute atomic E-state index is 0.171. The third kappa shape index (κ3) is 2.19. The van der Waals surface area contributed by atoms with Crippen molar-refractivity contribution in [2.45, 2.75) is 6.42 Å². The molecule has 0 saturated heterocycles. The molecule has 0 aliphatic carbocycles. The average Bonchev–Trinajstić information content (AvgIpc) is 2.40. The number of imide groups is 1. The quantitative estimate of drug-likeness (QED) is 0.753. The maximum absolute atomic E-state index is 12.5. The van der Waals surface area contributed by atoms with Crippen LogP contribution in [-0.4, -0.2) is 11.8 Å². The van der Waals surface area contributed by atoms with Crippen LogP contribution in [-0.2, 0) is 11.2 Å². The van der Waals surface area contributed by atoms with E-state index in [2.05, 4.69) is 0 Å². The van der Waals surface area contributed by atoms with Crippen molar-refractivity contribution in [3.63, 3.8) is 0 Å². The lowest BCUT2D eigenvalue weighted by Crippen LogP contribution is -2.42. The number of rotatable bonds is 1. The van der Waals surface area contributed by atoms with Crippen LogP contribution in [0.2, 0.25) is 10.0 Å². The first kappa shape index (κ1) is 13.2. The molecular weight excluding hydrogens is 297 g/mol. The smallest absolute Gasteiger partial charge is 0.265 e. The number of carbonyl (C=O) groups is 2. The summed E-state index contributed by atoms with van der Waals surface area (Å²) in [6.45, 7) is 0. The summed E-state index contributed by atoms with van der Waals surface area (Å²) >= 11 is 11.8. The molecule has 0 radical (unpaired) electrons. The van der Waals surface area contributed by atoms with Crippen molar-refractivity contribution in [2.75, 3.05) is 4.90 Å². The molecule has 20 heavy (non-hydrogen) atoms. The van der Waals surface area contributed by atoms with Crippen molar-refractivity contribution in [1.29, 1.82) is 0 Å². The summed E-state index contributed by atoms with van der Waals surface area (Å²) < 4.78 is 0. The van der Waals surface area contributed by atoms with E-state index in [9.17, 15) is 9.59 Å². The molecule has 0 saturated carbocycles. The average molecular weight is 306 g/mol. The topological polar surface area (TPSA) is 37.4 Å². The highest BCUT2D eigenvalue weighted by Gasteiger charge is 2.32. The van der Waals surface area contributed by atoms with E-state index in [4.69, 9.17) is 23.2 Å². The van der Waals surface area contributed by atoms with Gasteiger partial charge >= 0.3 is 0 Å². The maximum Gasteiger partial charge on any atom is 0.265 e. The minimum Gasteiger partial charge on any atom is -0.274 e. The number of nitrogens with zero attached hydrogens (tertiary/aromatic N) is 1. The zero-order valence-corrected chi connectivity index (χ0v) is 11.8. The summed E-state index contributed by atoms with van der Waals surface area (Å²) in [5, 5.41) is 0.942. The Balaban J connectivity index is 2.10. The summed E-state index contributed by atoms with van der Waals surface area (Å²) in [4.78, 5) is 25.8. The molecule has 3 rings (SSSR count). The van der Waals surface area contributed by atoms with Gasteiger partial charge in [0.05, 0.1) is 12.1 Å². The Morgan fingerprint density at radius 2 is 1.70 bits per heavy atom. The second-order valence-electron chi connectivity index (χ2n) is 4.49. The van der Waals surface area contributed by atoms with Gasteiger partial charge in [0.1, 0.15) is 0 Å². The van der Waals surface area contributed by atoms with Gasteiger partial charge in [-0.1, -0.05) is 35.3 Å². The maximum atomic E-state index is 12.5. The number of fused-ring (bicyclic) bond motifs is 1. The van der Waals surface area contributed by atoms with Gasteiger partial charge in [-0.15, -0.1) is 0 Å². The SMILES string of the molecule is O=C1Cc2ccc(Cl)cc2C(=O)N1c1cccc(Cl)c1. The van der Waals surface area contributed by atoms with Gasteiger partial charge in [0.2, 0.25) is 5.91 Å². The second-order valence-corrected chi connectivity index (χ2v) is 5.37. The fraction of sp³-hybridized carbons (Fsp3) is 0.0667. The lowest BCUT2D eigenvalue weighted by Gasteiger charge is -2.27. The van der Waals surface area contributed by atoms with E-state index in [0.29, 0.717) is 26.9 Å². The number of benzene rings is 2. The zero-order valence-electron chi connectivity index (χ0n) is 10.3. The van der Waals surface area contributed by atoms with Crippen molar-refractivity contribution in [3.05, 3.63) is 63.6 Å². The summed E-state index contributed by atoms with van der Waals surface area (Å²) in [5.41, 5.74) is 1.62. The Bertz CT molecular complexity index is 728. The van der Waals surface area contributed by atoms with E-state index in [1.165, 1.54) is 0 Å². The standard InChI is InChI=1S/C15H9Cl2NO2/c16-10-2-1-3-12(7-10)18-14(19)6-9-4-5-11(17)8-13(9)15(18)20/h1-5,7-8H,6H2. The molecule has 0 bridgehead atoms. The largest absolute Gasteiger partial charge is 0.274 e. The van der Waals surface area contributed by atoms with E-state index in [1.807, 2.05) is 0 Å². The van der Waals surface area contributed by atoms with Gasteiger partial charge in [-0.05, 0) is 35.9 Å². The van der Waals surface area contributed by atoms with Crippen LogP contribution >= 0.6 is 23.2 Å². The van der Waals surface area contributed by atoms with Crippen LogP contribution in [0.4, 0.5) is 5.69 Å². The number of anilines is 1. The first-order valence-corrected chi connectivity index (χ1v) is 6.73. The predicted molar refractivity (Wildman–Crippen MR) is 78.4 cm³/mol. The monoisotopic (exact) mass is 305 g/mol. The molecule has 100 valence electrons. The van der Waals surface area contributed by atoms with E-state index in [-0.39, 0.29) is 18.2 Å². The molecule has 0 atom stereocenters. The van der Waals surface area contributed by atoms with Crippen LogP contribution in [0, 0.1) is 0 Å². The molecule has 0 aromatic heterocycles. The summed E-state index contributed by atoms with van der Waals surface area (Å²) in [6.07, 6.45) is 0.171. The third-order valence-corrected chi connectivity index (χ3v) is 3.63. The molecule has 0 fully saturated rings. The van der Waals surface area contributed by atoms with Gasteiger partial charge < -0.3 is 0 Å². The van der Waals surface area contributed by atoms with E-state index < -0.39 is 0 Å². The van der Waals surface area contributed by atoms with Crippen LogP contribution in [0.5, 0.6) is 0 Å². The zero-order chi connectivity index (χ0) is 14.3. The molecule has 0 spiro atoms. The van der Waals surface area contributed by atoms with Crippen LogP contribution in [0.1, 0.15) is 15.9 Å². The van der Waals surface area contributed by atoms with E-state index in [0.717, 1.165) is 4.90 Å². The van der Waals surface area contributed by atoms with Gasteiger partial charge in [-0.2, -0.15) is 0 Å². The van der Waals surface area contributed by atoms with Crippen LogP contribution < -0.4 is 4.90 Å². The molecule has 5 heteroatoms. The van der Waals surface area contributed by atoms with Crippen LogP contribution in [0.3, 0.4) is 0 Å². The molecule has 2 amide bonds. The lowest BCUT2D eigenvalue weighted by molar-refractivity contribution is -0.117. The highest BCUT2D eigenvalue weighted by Crippen LogP contribution is 2.28. The number of hydrogen-bond donors (Lipinski definition) is 0. The number of hydrogen-bond acceptors (Lipinski definition) is 2. The fourth-order valence-corrected chi connectivity index (χ4v) is 2.61. The highest BCUT2D eigenvalue weighted by atomic mass is 35.5. The summed E-state index contributed by atoms with van der Waals surface area (Å²) in [5.74, 6) is -0.645. The van der Waals surface area contributed by atoms with Gasteiger partial charge in [-0.25, -0.2) is 4.90 Å². The normalized spacial score (nSPS) is 14.4. The summed E-state index contributed by atoms with van der Waals surface area (Å²) in [7, 11) is 0. The molecule has 1 heterocycles. The Hall–Kier alpha value is -1.84. The van der Waals surface area contributed by atoms with Crippen molar-refractivity contribution < 1.29 is 9.59 Å². The van der Waals surface area contributed by atoms with Gasteiger partial charge in [0, 0.05) is 15.6 Å². The number of carbonyl (C=O) groups excluding carboxylic acids is 2. The molecular formula is C15H9Cl2NO2. The third-order valence-electron chi connectivity index (χ3n) is 3.16. The Kier molecular flexibility index (Phi) is 3.24. The van der Waals surface area contributed by atoms with Crippen molar-refractivity contribution >= 4 is 40.7 Å². The van der Waals surface area contributed by atoms with Crippen LogP contribution in [0.25, 0.3) is 0 Å². The minimum atomic E-state index is -0.374. The first-order chi connectivity index (χ1) is 9.56. The summed E-state index contributed by atoms with van der Waals surface area (Å²) in [6, 6.07) is 11.6. The Morgan fingerprint density at radius 3 is 2.45 bits per heavy atom. The van der Waals surface area contributed by atoms with Gasteiger partial charge in [-0.3, -0.25) is 9.59 Å². The molecule has 2 aromatic carbocycles. The lowest BCUT2D eigenvalue weighted by atomic mass is 9.98. The van der Waals surface area contributed by atoms with Gasteiger partial charge in [0.15, 0.2) is 0 Å². The number of halogens is 2. The van der Waals surface area contributed by atoms with Crippen molar-refractivity contribution in [3.8, 4) is 0 Å². The second kappa shape index (κ2) is 4.93. The van der Waals surface area contributed by atoms with Crippen molar-refractivity contribution in [1.82, 2.24) is 0 Å². The van der Waals surface area contributed by atoms with Gasteiger partial charge in [0.25, 0.3) is 5.91 Å². The first-order valence-electron chi connectivity index (χ1n) is 5.97. The number of amides is 2.